The minimum absolute atomic E-state index is 0.0115. The molecule has 1 atom stereocenters. The van der Waals surface area contributed by atoms with Crippen LogP contribution < -0.4 is 5.73 Å². The number of hydrogen-bond acceptors (Lipinski definition) is 8. The van der Waals surface area contributed by atoms with Gasteiger partial charge in [-0.2, -0.15) is 0 Å². The largest absolute Gasteiger partial charge is 0.478 e. The average Bonchev–Trinajstić information content (AvgIpc) is 2.82. The van der Waals surface area contributed by atoms with E-state index in [4.69, 9.17) is 36.7 Å². The van der Waals surface area contributed by atoms with Crippen molar-refractivity contribution in [3.8, 4) is 0 Å². The lowest BCUT2D eigenvalue weighted by Gasteiger charge is -2.37. The Hall–Kier alpha value is -3.47. The fourth-order valence-electron chi connectivity index (χ4n) is 3.71. The summed E-state index contributed by atoms with van der Waals surface area (Å²) in [7, 11) is 1.16. The summed E-state index contributed by atoms with van der Waals surface area (Å²) >= 11 is 6.47. The van der Waals surface area contributed by atoms with Crippen molar-refractivity contribution in [2.75, 3.05) is 33.5 Å². The predicted molar refractivity (Wildman–Crippen MR) is 126 cm³/mol. The van der Waals surface area contributed by atoms with Crippen LogP contribution in [0.15, 0.2) is 59.0 Å². The molecule has 1 unspecified atom stereocenters. The van der Waals surface area contributed by atoms with Gasteiger partial charge in [-0.15, -0.1) is 0 Å². The maximum atomic E-state index is 13.3. The molecule has 3 N–H and O–H groups in total. The van der Waals surface area contributed by atoms with E-state index in [2.05, 4.69) is 0 Å². The van der Waals surface area contributed by atoms with Crippen LogP contribution in [0.25, 0.3) is 0 Å². The molecule has 0 aliphatic carbocycles. The van der Waals surface area contributed by atoms with Gasteiger partial charge >= 0.3 is 17.9 Å². The minimum Gasteiger partial charge on any atom is -0.478 e. The van der Waals surface area contributed by atoms with E-state index in [0.29, 0.717) is 11.6 Å². The Morgan fingerprint density at radius 3 is 2.40 bits per heavy atom. The lowest BCUT2D eigenvalue weighted by molar-refractivity contribution is -0.139. The number of nitrogens with zero attached hydrogens (tertiary/aromatic N) is 1. The van der Waals surface area contributed by atoms with Crippen LogP contribution in [0.4, 0.5) is 0 Å². The van der Waals surface area contributed by atoms with E-state index in [0.717, 1.165) is 18.1 Å². The van der Waals surface area contributed by atoms with Crippen molar-refractivity contribution >= 4 is 35.4 Å². The Balaban J connectivity index is 2.93. The molecule has 11 heteroatoms. The van der Waals surface area contributed by atoms with Gasteiger partial charge in [0.1, 0.15) is 0 Å². The maximum Gasteiger partial charge on any atom is 0.336 e. The van der Waals surface area contributed by atoms with Crippen molar-refractivity contribution in [2.24, 2.45) is 5.73 Å². The molecule has 1 heterocycles. The van der Waals surface area contributed by atoms with E-state index >= 15 is 0 Å². The first-order valence-electron chi connectivity index (χ1n) is 10.7. The third-order valence-corrected chi connectivity index (χ3v) is 5.43. The van der Waals surface area contributed by atoms with Gasteiger partial charge in [-0.3, -0.25) is 9.69 Å². The molecule has 0 saturated carbocycles. The van der Waals surface area contributed by atoms with E-state index in [-0.39, 0.29) is 53.9 Å². The molecule has 1 amide bonds. The molecule has 0 aromatic heterocycles. The zero-order chi connectivity index (χ0) is 26.1. The first-order chi connectivity index (χ1) is 16.7. The number of esters is 2. The molecule has 2 rings (SSSR count). The fourth-order valence-corrected chi connectivity index (χ4v) is 3.96. The monoisotopic (exact) mass is 506 g/mol. The smallest absolute Gasteiger partial charge is 0.336 e. The number of amides is 1. The van der Waals surface area contributed by atoms with Gasteiger partial charge in [0.2, 0.25) is 0 Å². The number of nitrogens with two attached hydrogens (primary N) is 1. The summed E-state index contributed by atoms with van der Waals surface area (Å²) in [5, 5.41) is 9.26. The molecular weight excluding hydrogens is 480 g/mol. The Bertz CT molecular complexity index is 1090. The van der Waals surface area contributed by atoms with Crippen LogP contribution in [0, 0.1) is 0 Å². The standard InChI is InChI=1S/C24H27ClN2O8/c1-4-35-24(32)22-17(13-34-12-11-26)27(18(28)9-10-19(29)30)14(2)20(23(31)33-3)21(22)15-7-5-6-8-16(15)25/h5-10,21H,4,11-13,26H2,1-3H3,(H,29,30)/b10-9-. The molecule has 10 nitrogen and oxygen atoms in total. The second kappa shape index (κ2) is 12.8. The van der Waals surface area contributed by atoms with Gasteiger partial charge in [0.15, 0.2) is 0 Å². The summed E-state index contributed by atoms with van der Waals surface area (Å²) in [6.45, 7) is 3.12. The number of rotatable bonds is 10. The molecule has 1 aliphatic heterocycles. The van der Waals surface area contributed by atoms with Gasteiger partial charge in [0.05, 0.1) is 49.7 Å². The molecule has 188 valence electrons. The number of hydrogen-bond donors (Lipinski definition) is 2. The molecule has 35 heavy (non-hydrogen) atoms. The molecular formula is C24H27ClN2O8. The average molecular weight is 507 g/mol. The Morgan fingerprint density at radius 1 is 1.14 bits per heavy atom. The summed E-state index contributed by atoms with van der Waals surface area (Å²) in [6.07, 6.45) is 1.46. The van der Waals surface area contributed by atoms with E-state index in [1.807, 2.05) is 0 Å². The number of halogens is 1. The number of benzene rings is 1. The van der Waals surface area contributed by atoms with Crippen molar-refractivity contribution in [1.29, 1.82) is 0 Å². The Morgan fingerprint density at radius 2 is 1.83 bits per heavy atom. The van der Waals surface area contributed by atoms with Crippen LogP contribution in [0.3, 0.4) is 0 Å². The lowest BCUT2D eigenvalue weighted by atomic mass is 9.79. The topological polar surface area (TPSA) is 145 Å². The Kier molecular flexibility index (Phi) is 10.2. The van der Waals surface area contributed by atoms with Crippen molar-refractivity contribution < 1.29 is 38.5 Å². The summed E-state index contributed by atoms with van der Waals surface area (Å²) in [4.78, 5) is 51.5. The zero-order valence-corrected chi connectivity index (χ0v) is 20.3. The first kappa shape index (κ1) is 27.8. The number of aliphatic carboxylic acids is 1. The van der Waals surface area contributed by atoms with Crippen molar-refractivity contribution in [3.05, 3.63) is 69.5 Å². The minimum atomic E-state index is -1.35. The molecule has 1 aromatic rings. The van der Waals surface area contributed by atoms with E-state index in [1.54, 1.807) is 31.2 Å². The molecule has 1 aliphatic rings. The van der Waals surface area contributed by atoms with Gasteiger partial charge in [0.25, 0.3) is 5.91 Å². The van der Waals surface area contributed by atoms with Gasteiger partial charge in [-0.05, 0) is 25.5 Å². The number of ether oxygens (including phenoxy) is 3. The van der Waals surface area contributed by atoms with Crippen molar-refractivity contribution in [1.82, 2.24) is 4.90 Å². The number of carboxylic acid groups (broad SMARTS) is 1. The van der Waals surface area contributed by atoms with Crippen LogP contribution in [-0.2, 0) is 33.4 Å². The number of carbonyl (C=O) groups is 4. The molecule has 0 bridgehead atoms. The van der Waals surface area contributed by atoms with Gasteiger partial charge in [-0.1, -0.05) is 29.8 Å². The van der Waals surface area contributed by atoms with Crippen LogP contribution in [0.1, 0.15) is 25.3 Å². The molecule has 0 fully saturated rings. The second-order valence-corrected chi connectivity index (χ2v) is 7.62. The molecule has 0 saturated heterocycles. The zero-order valence-electron chi connectivity index (χ0n) is 19.6. The van der Waals surface area contributed by atoms with Gasteiger partial charge < -0.3 is 25.1 Å². The summed E-state index contributed by atoms with van der Waals surface area (Å²) in [5.74, 6) is -4.85. The maximum absolute atomic E-state index is 13.3. The van der Waals surface area contributed by atoms with Crippen LogP contribution in [-0.4, -0.2) is 67.3 Å². The first-order valence-corrected chi connectivity index (χ1v) is 11.0. The Labute approximate surface area is 207 Å². The second-order valence-electron chi connectivity index (χ2n) is 7.21. The van der Waals surface area contributed by atoms with E-state index in [1.165, 1.54) is 6.92 Å². The number of carbonyl (C=O) groups excluding carboxylic acids is 3. The van der Waals surface area contributed by atoms with Crippen LogP contribution in [0.2, 0.25) is 5.02 Å². The summed E-state index contributed by atoms with van der Waals surface area (Å²) in [6, 6.07) is 6.62. The normalized spacial score (nSPS) is 16.0. The quantitative estimate of drug-likeness (QED) is 0.277. The highest BCUT2D eigenvalue weighted by Gasteiger charge is 2.43. The van der Waals surface area contributed by atoms with Gasteiger partial charge in [-0.25, -0.2) is 14.4 Å². The summed E-state index contributed by atoms with van der Waals surface area (Å²) in [5.41, 5.74) is 6.00. The molecule has 0 spiro atoms. The highest BCUT2D eigenvalue weighted by atomic mass is 35.5. The number of carboxylic acids is 1. The lowest BCUT2D eigenvalue weighted by Crippen LogP contribution is -2.40. The molecule has 1 aromatic carbocycles. The van der Waals surface area contributed by atoms with Gasteiger partial charge in [0, 0.05) is 29.4 Å². The number of methoxy groups -OCH3 is 1. The molecule has 0 radical (unpaired) electrons. The van der Waals surface area contributed by atoms with Crippen LogP contribution >= 0.6 is 11.6 Å². The van der Waals surface area contributed by atoms with E-state index in [9.17, 15) is 19.2 Å². The fraction of sp³-hybridized carbons (Fsp3) is 0.333. The van der Waals surface area contributed by atoms with Crippen molar-refractivity contribution in [2.45, 2.75) is 19.8 Å². The predicted octanol–water partition coefficient (Wildman–Crippen LogP) is 2.15. The van der Waals surface area contributed by atoms with E-state index < -0.39 is 29.7 Å². The van der Waals surface area contributed by atoms with Crippen LogP contribution in [0.5, 0.6) is 0 Å². The highest BCUT2D eigenvalue weighted by Crippen LogP contribution is 2.45. The SMILES string of the molecule is CCOC(=O)C1=C(COCCN)N(C(=O)/C=C\C(=O)O)C(C)=C(C(=O)OC)C1c1ccccc1Cl. The third-order valence-electron chi connectivity index (χ3n) is 5.09. The third kappa shape index (κ3) is 6.36. The number of allylic oxidation sites excluding steroid dienone is 1. The highest BCUT2D eigenvalue weighted by molar-refractivity contribution is 6.31. The summed E-state index contributed by atoms with van der Waals surface area (Å²) < 4.78 is 15.9. The van der Waals surface area contributed by atoms with Crippen molar-refractivity contribution in [3.63, 3.8) is 0 Å².